The molecule has 3 aromatic rings. The lowest BCUT2D eigenvalue weighted by molar-refractivity contribution is -0.354. The Bertz CT molecular complexity index is 2150. The van der Waals surface area contributed by atoms with E-state index in [2.05, 4.69) is 15.6 Å². The van der Waals surface area contributed by atoms with Crippen molar-refractivity contribution < 1.29 is 48.0 Å². The molecule has 1 N–H and O–H groups in total. The fraction of sp³-hybridized carbons (Fsp3) is 0.680. The van der Waals surface area contributed by atoms with Gasteiger partial charge < -0.3 is 43.2 Å². The number of aliphatic hydroxyl groups is 1. The first-order valence-electron chi connectivity index (χ1n) is 23.6. The number of hydrogen-bond acceptors (Lipinski definition) is 13. The van der Waals surface area contributed by atoms with Gasteiger partial charge in [-0.25, -0.2) is 9.78 Å². The number of para-hydroxylation sites is 2. The monoisotopic (exact) mass is 904 g/mol. The molecule has 1 aromatic carbocycles. The molecule has 15 heteroatoms. The summed E-state index contributed by atoms with van der Waals surface area (Å²) < 4.78 is 34.2. The van der Waals surface area contributed by atoms with Crippen LogP contribution >= 0.6 is 0 Å². The Balaban J connectivity index is 1.30. The summed E-state index contributed by atoms with van der Waals surface area (Å²) in [7, 11) is 3.44. The van der Waals surface area contributed by atoms with Crippen LogP contribution in [-0.2, 0) is 51.0 Å². The number of aromatic nitrogens is 3. The molecule has 15 nitrogen and oxygen atoms in total. The molecular weight excluding hydrogens is 831 g/mol. The van der Waals surface area contributed by atoms with Gasteiger partial charge in [0.15, 0.2) is 17.2 Å². The van der Waals surface area contributed by atoms with Crippen molar-refractivity contribution in [3.8, 4) is 0 Å². The number of benzene rings is 1. The highest BCUT2D eigenvalue weighted by Gasteiger charge is 2.61. The fourth-order valence-electron chi connectivity index (χ4n) is 11.0. The Hall–Kier alpha value is -4.28. The van der Waals surface area contributed by atoms with Gasteiger partial charge in [-0.15, -0.1) is 0 Å². The molecule has 3 aliphatic heterocycles. The van der Waals surface area contributed by atoms with Gasteiger partial charge in [-0.05, 0) is 104 Å². The van der Waals surface area contributed by atoms with Gasteiger partial charge in [-0.2, -0.15) is 0 Å². The predicted molar refractivity (Wildman–Crippen MR) is 245 cm³/mol. The van der Waals surface area contributed by atoms with Gasteiger partial charge in [0, 0.05) is 62.8 Å². The lowest BCUT2D eigenvalue weighted by Gasteiger charge is -2.52. The second-order valence-corrected chi connectivity index (χ2v) is 19.5. The fourth-order valence-corrected chi connectivity index (χ4v) is 11.0. The Kier molecular flexibility index (Phi) is 15.7. The van der Waals surface area contributed by atoms with Crippen LogP contribution in [0.3, 0.4) is 0 Å². The Morgan fingerprint density at radius 1 is 0.938 bits per heavy atom. The number of methoxy groups -OCH3 is 1. The molecule has 0 spiro atoms. The molecule has 2 aromatic heterocycles. The number of aryl methyl sites for hydroxylation is 1. The number of nitrogens with zero attached hydrogens (tertiary/aromatic N) is 5. The van der Waals surface area contributed by atoms with E-state index in [9.17, 15) is 24.3 Å². The summed E-state index contributed by atoms with van der Waals surface area (Å²) in [6.07, 6.45) is 2.35. The van der Waals surface area contributed by atoms with E-state index in [4.69, 9.17) is 28.7 Å². The molecule has 65 heavy (non-hydrogen) atoms. The summed E-state index contributed by atoms with van der Waals surface area (Å²) in [6.45, 7) is 19.4. The first-order chi connectivity index (χ1) is 30.7. The second kappa shape index (κ2) is 20.3. The van der Waals surface area contributed by atoms with E-state index in [0.29, 0.717) is 38.8 Å². The quantitative estimate of drug-likeness (QED) is 0.108. The highest BCUT2D eigenvalue weighted by Crippen LogP contribution is 2.44. The minimum absolute atomic E-state index is 0.115. The topological polar surface area (TPSA) is 172 Å². The van der Waals surface area contributed by atoms with Gasteiger partial charge >= 0.3 is 12.1 Å². The molecule has 3 fully saturated rings. The first-order valence-corrected chi connectivity index (χ1v) is 23.6. The van der Waals surface area contributed by atoms with Gasteiger partial charge in [0.05, 0.1) is 34.9 Å². The van der Waals surface area contributed by atoms with E-state index in [1.165, 1.54) is 14.0 Å². The van der Waals surface area contributed by atoms with Crippen molar-refractivity contribution in [2.75, 3.05) is 27.2 Å². The van der Waals surface area contributed by atoms with Gasteiger partial charge in [0.2, 0.25) is 0 Å². The van der Waals surface area contributed by atoms with Crippen molar-refractivity contribution in [2.24, 2.45) is 23.7 Å². The number of pyridine rings is 1. The summed E-state index contributed by atoms with van der Waals surface area (Å²) in [5.74, 6) is -5.72. The third kappa shape index (κ3) is 10.0. The van der Waals surface area contributed by atoms with Crippen LogP contribution in [0.15, 0.2) is 48.8 Å². The smallest absolute Gasteiger partial charge is 0.410 e. The summed E-state index contributed by atoms with van der Waals surface area (Å²) in [5, 5.41) is 11.9. The van der Waals surface area contributed by atoms with Crippen LogP contribution in [0.25, 0.3) is 11.0 Å². The van der Waals surface area contributed by atoms with Crippen LogP contribution in [0.2, 0.25) is 0 Å². The van der Waals surface area contributed by atoms with Crippen LogP contribution in [0.1, 0.15) is 113 Å². The standard InChI is InChI=1S/C50H73N5O10/c1-13-39-49(9)43(55(47(60)65-49)25-18-17-24-54-37-22-16-15-21-36(37)52-40(54)27-35-20-19-23-51-29-35)32(5)41(56)30(3)28-48(8,61-12)45(33(6)42(57)34(7)46(59)62-39)64-50(10)44(58)38(53(11)14-2)26-31(4)63-50/h15-16,19-23,29-34,38-39,43-45,58H,13-14,17-18,24-28H2,1-12H3/t30-,31-,32+,33+,34-,38+,39-,43-,44-,45-,48-,49-,50+/m1/s1. The number of fused-ring (bicyclic) bond motifs is 2. The molecule has 358 valence electrons. The van der Waals surface area contributed by atoms with E-state index in [1.807, 2.05) is 83.1 Å². The SMILES string of the molecule is CC[C@H]1OC(=O)[C@H](C)C(=O)[C@H](C)[C@@H](O[C@]2(C)O[C@H](C)C[C@H](N(C)CC)[C@H]2O)[C@](C)(OC)C[C@@H](C)C(=O)[C@H](C)[C@H]2N(CCCCn3c(Cc4cccnc4)nc4ccccc43)C(=O)O[C@]12C. The Labute approximate surface area is 384 Å². The molecule has 1 amide bonds. The number of ether oxygens (including phenoxy) is 5. The Morgan fingerprint density at radius 3 is 2.31 bits per heavy atom. The molecule has 3 saturated heterocycles. The van der Waals surface area contributed by atoms with Crippen LogP contribution in [0, 0.1) is 23.7 Å². The number of amides is 1. The minimum Gasteiger partial charge on any atom is -0.458 e. The van der Waals surface area contributed by atoms with Crippen molar-refractivity contribution in [2.45, 2.75) is 168 Å². The van der Waals surface area contributed by atoms with Crippen molar-refractivity contribution in [3.63, 3.8) is 0 Å². The number of esters is 1. The number of unbranched alkanes of at least 4 members (excludes halogenated alkanes) is 1. The largest absolute Gasteiger partial charge is 0.458 e. The lowest BCUT2D eigenvalue weighted by atomic mass is 9.73. The average molecular weight is 904 g/mol. The summed E-state index contributed by atoms with van der Waals surface area (Å²) in [4.78, 5) is 70.7. The van der Waals surface area contributed by atoms with E-state index < -0.39 is 82.9 Å². The van der Waals surface area contributed by atoms with E-state index in [-0.39, 0.29) is 37.3 Å². The highest BCUT2D eigenvalue weighted by atomic mass is 16.7. The van der Waals surface area contributed by atoms with Crippen LogP contribution in [0.5, 0.6) is 0 Å². The molecule has 0 radical (unpaired) electrons. The third-order valence-electron chi connectivity index (χ3n) is 14.8. The second-order valence-electron chi connectivity index (χ2n) is 19.5. The number of aliphatic hydroxyl groups excluding tert-OH is 1. The predicted octanol–water partition coefficient (Wildman–Crippen LogP) is 6.79. The summed E-state index contributed by atoms with van der Waals surface area (Å²) >= 11 is 0. The summed E-state index contributed by atoms with van der Waals surface area (Å²) in [6, 6.07) is 10.9. The molecular formula is C50H73N5O10. The van der Waals surface area contributed by atoms with Crippen LogP contribution in [0.4, 0.5) is 4.79 Å². The number of carbonyl (C=O) groups excluding carboxylic acids is 4. The molecule has 0 bridgehead atoms. The van der Waals surface area contributed by atoms with Crippen molar-refractivity contribution in [1.82, 2.24) is 24.3 Å². The van der Waals surface area contributed by atoms with E-state index in [1.54, 1.807) is 38.8 Å². The molecule has 3 aliphatic rings. The van der Waals surface area contributed by atoms with Crippen LogP contribution < -0.4 is 0 Å². The van der Waals surface area contributed by atoms with Gasteiger partial charge in [0.25, 0.3) is 0 Å². The Morgan fingerprint density at radius 2 is 1.65 bits per heavy atom. The number of Topliss-reactive ketones (excluding diaryl/α,β-unsaturated/α-hetero) is 2. The number of ketones is 2. The maximum Gasteiger partial charge on any atom is 0.410 e. The minimum atomic E-state index is -1.58. The zero-order chi connectivity index (χ0) is 47.6. The lowest BCUT2D eigenvalue weighted by Crippen LogP contribution is -2.65. The number of imidazole rings is 1. The van der Waals surface area contributed by atoms with Crippen LogP contribution in [-0.4, -0.2) is 134 Å². The van der Waals surface area contributed by atoms with Crippen molar-refractivity contribution >= 4 is 34.7 Å². The van der Waals surface area contributed by atoms with Gasteiger partial charge in [-0.3, -0.25) is 19.4 Å². The number of cyclic esters (lactones) is 1. The van der Waals surface area contributed by atoms with E-state index >= 15 is 0 Å². The maximum atomic E-state index is 15.0. The maximum absolute atomic E-state index is 15.0. The molecule has 0 saturated carbocycles. The average Bonchev–Trinajstić information content (AvgIpc) is 3.77. The molecule has 13 atom stereocenters. The van der Waals surface area contributed by atoms with Crippen molar-refractivity contribution in [1.29, 1.82) is 0 Å². The summed E-state index contributed by atoms with van der Waals surface area (Å²) in [5.41, 5.74) is 0.235. The number of rotatable bonds is 13. The van der Waals surface area contributed by atoms with E-state index in [0.717, 1.165) is 22.4 Å². The normalized spacial score (nSPS) is 35.3. The van der Waals surface area contributed by atoms with Gasteiger partial charge in [-0.1, -0.05) is 52.8 Å². The number of carbonyl (C=O) groups is 4. The molecule has 5 heterocycles. The molecule has 0 aliphatic carbocycles. The zero-order valence-electron chi connectivity index (χ0n) is 40.6. The molecule has 6 rings (SSSR count). The molecule has 0 unspecified atom stereocenters. The zero-order valence-corrected chi connectivity index (χ0v) is 40.6. The third-order valence-corrected chi connectivity index (χ3v) is 14.8. The first kappa shape index (κ1) is 50.1. The number of likely N-dealkylation sites (N-methyl/N-ethyl adjacent to an activating group) is 1. The number of hydrogen-bond donors (Lipinski definition) is 1. The highest BCUT2D eigenvalue weighted by molar-refractivity contribution is 6.00. The van der Waals surface area contributed by atoms with Gasteiger partial charge in [0.1, 0.15) is 29.7 Å². The van der Waals surface area contributed by atoms with Crippen molar-refractivity contribution in [3.05, 3.63) is 60.2 Å².